The van der Waals surface area contributed by atoms with Gasteiger partial charge in [0.15, 0.2) is 0 Å². The Hall–Kier alpha value is -0.770. The minimum atomic E-state index is 0.0508. The average molecular weight is 213 g/mol. The maximum Gasteiger partial charge on any atom is 0.317 e. The van der Waals surface area contributed by atoms with Gasteiger partial charge in [-0.3, -0.25) is 0 Å². The van der Waals surface area contributed by atoms with Gasteiger partial charge in [0.1, 0.15) is 0 Å². The highest BCUT2D eigenvalue weighted by atomic mass is 16.2. The Morgan fingerprint density at radius 3 is 2.60 bits per heavy atom. The van der Waals surface area contributed by atoms with Crippen LogP contribution in [-0.2, 0) is 0 Å². The second-order valence-corrected chi connectivity index (χ2v) is 4.11. The van der Waals surface area contributed by atoms with E-state index in [1.165, 1.54) is 19.3 Å². The van der Waals surface area contributed by atoms with E-state index < -0.39 is 0 Å². The minimum absolute atomic E-state index is 0.0508. The third kappa shape index (κ3) is 3.70. The topological polar surface area (TPSA) is 58.4 Å². The lowest BCUT2D eigenvalue weighted by Crippen LogP contribution is -2.48. The summed E-state index contributed by atoms with van der Waals surface area (Å²) >= 11 is 0. The molecule has 0 aliphatic heterocycles. The summed E-state index contributed by atoms with van der Waals surface area (Å²) in [7, 11) is 0. The van der Waals surface area contributed by atoms with Crippen LogP contribution >= 0.6 is 0 Å². The molecule has 1 aliphatic rings. The molecule has 0 aromatic heterocycles. The van der Waals surface area contributed by atoms with Gasteiger partial charge in [0.2, 0.25) is 0 Å². The SMILES string of the molecule is CCNC(=O)N(CCN)C1CCCCC1. The molecule has 15 heavy (non-hydrogen) atoms. The molecule has 4 nitrogen and oxygen atoms in total. The Balaban J connectivity index is 2.50. The fourth-order valence-corrected chi connectivity index (χ4v) is 2.23. The largest absolute Gasteiger partial charge is 0.338 e. The van der Waals surface area contributed by atoms with Gasteiger partial charge >= 0.3 is 6.03 Å². The molecule has 0 aromatic carbocycles. The lowest BCUT2D eigenvalue weighted by Gasteiger charge is -2.34. The van der Waals surface area contributed by atoms with Crippen molar-refractivity contribution in [2.24, 2.45) is 5.73 Å². The highest BCUT2D eigenvalue weighted by Gasteiger charge is 2.24. The van der Waals surface area contributed by atoms with Crippen molar-refractivity contribution in [3.63, 3.8) is 0 Å². The van der Waals surface area contributed by atoms with Gasteiger partial charge in [0.25, 0.3) is 0 Å². The summed E-state index contributed by atoms with van der Waals surface area (Å²) in [5.41, 5.74) is 5.55. The minimum Gasteiger partial charge on any atom is -0.338 e. The summed E-state index contributed by atoms with van der Waals surface area (Å²) in [5, 5.41) is 2.86. The van der Waals surface area contributed by atoms with Gasteiger partial charge < -0.3 is 16.0 Å². The molecule has 0 radical (unpaired) electrons. The molecule has 1 saturated carbocycles. The van der Waals surface area contributed by atoms with Crippen LogP contribution in [0.1, 0.15) is 39.0 Å². The van der Waals surface area contributed by atoms with E-state index >= 15 is 0 Å². The molecule has 1 fully saturated rings. The molecule has 0 bridgehead atoms. The van der Waals surface area contributed by atoms with Crippen LogP contribution in [0.5, 0.6) is 0 Å². The zero-order valence-corrected chi connectivity index (χ0v) is 9.67. The number of nitrogens with two attached hydrogens (primary N) is 1. The standard InChI is InChI=1S/C11H23N3O/c1-2-13-11(15)14(9-8-12)10-6-4-3-5-7-10/h10H,2-9,12H2,1H3,(H,13,15). The third-order valence-electron chi connectivity index (χ3n) is 2.97. The number of nitrogens with one attached hydrogen (secondary N) is 1. The first-order chi connectivity index (χ1) is 7.29. The lowest BCUT2D eigenvalue weighted by atomic mass is 9.94. The van der Waals surface area contributed by atoms with Crippen molar-refractivity contribution in [2.45, 2.75) is 45.1 Å². The number of carbonyl (C=O) groups is 1. The van der Waals surface area contributed by atoms with Crippen LogP contribution in [0.4, 0.5) is 4.79 Å². The first-order valence-electron chi connectivity index (χ1n) is 6.04. The number of urea groups is 1. The summed E-state index contributed by atoms with van der Waals surface area (Å²) in [6, 6.07) is 0.462. The number of amides is 2. The Morgan fingerprint density at radius 1 is 1.40 bits per heavy atom. The summed E-state index contributed by atoms with van der Waals surface area (Å²) in [5.74, 6) is 0. The first-order valence-corrected chi connectivity index (χ1v) is 6.04. The number of carbonyl (C=O) groups excluding carboxylic acids is 1. The molecular formula is C11H23N3O. The van der Waals surface area contributed by atoms with Gasteiger partial charge in [-0.25, -0.2) is 4.79 Å². The quantitative estimate of drug-likeness (QED) is 0.739. The molecule has 0 aromatic rings. The zero-order chi connectivity index (χ0) is 11.1. The second-order valence-electron chi connectivity index (χ2n) is 4.11. The van der Waals surface area contributed by atoms with E-state index in [4.69, 9.17) is 5.73 Å². The van der Waals surface area contributed by atoms with Crippen LogP contribution in [0.25, 0.3) is 0 Å². The van der Waals surface area contributed by atoms with Crippen LogP contribution in [0.3, 0.4) is 0 Å². The maximum absolute atomic E-state index is 11.8. The van der Waals surface area contributed by atoms with E-state index in [0.717, 1.165) is 12.8 Å². The average Bonchev–Trinajstić information content (AvgIpc) is 2.27. The molecule has 1 rings (SSSR count). The van der Waals surface area contributed by atoms with E-state index in [9.17, 15) is 4.79 Å². The molecule has 0 saturated heterocycles. The van der Waals surface area contributed by atoms with Crippen molar-refractivity contribution < 1.29 is 4.79 Å². The van der Waals surface area contributed by atoms with E-state index in [0.29, 0.717) is 25.7 Å². The van der Waals surface area contributed by atoms with Crippen LogP contribution in [0.15, 0.2) is 0 Å². The Morgan fingerprint density at radius 2 is 2.07 bits per heavy atom. The highest BCUT2D eigenvalue weighted by molar-refractivity contribution is 5.74. The zero-order valence-electron chi connectivity index (χ0n) is 9.67. The van der Waals surface area contributed by atoms with Crippen molar-refractivity contribution in [3.05, 3.63) is 0 Å². The number of nitrogens with zero attached hydrogens (tertiary/aromatic N) is 1. The molecule has 0 spiro atoms. The lowest BCUT2D eigenvalue weighted by molar-refractivity contribution is 0.158. The fraction of sp³-hybridized carbons (Fsp3) is 0.909. The predicted molar refractivity (Wildman–Crippen MR) is 61.7 cm³/mol. The van der Waals surface area contributed by atoms with E-state index in [1.807, 2.05) is 11.8 Å². The number of hydrogen-bond acceptors (Lipinski definition) is 2. The van der Waals surface area contributed by atoms with Crippen LogP contribution in [-0.4, -0.2) is 36.6 Å². The number of rotatable bonds is 4. The van der Waals surface area contributed by atoms with Gasteiger partial charge in [-0.15, -0.1) is 0 Å². The molecule has 88 valence electrons. The smallest absolute Gasteiger partial charge is 0.317 e. The highest BCUT2D eigenvalue weighted by Crippen LogP contribution is 2.22. The summed E-state index contributed by atoms with van der Waals surface area (Å²) in [6.45, 7) is 3.86. The molecule has 3 N–H and O–H groups in total. The van der Waals surface area contributed by atoms with E-state index in [2.05, 4.69) is 5.32 Å². The molecule has 0 heterocycles. The Kier molecular flexibility index (Phi) is 5.47. The molecule has 4 heteroatoms. The van der Waals surface area contributed by atoms with Crippen LogP contribution in [0.2, 0.25) is 0 Å². The van der Waals surface area contributed by atoms with Gasteiger partial charge in [0.05, 0.1) is 0 Å². The van der Waals surface area contributed by atoms with Crippen molar-refractivity contribution in [1.82, 2.24) is 10.2 Å². The van der Waals surface area contributed by atoms with E-state index in [-0.39, 0.29) is 6.03 Å². The Bertz CT molecular complexity index is 190. The molecule has 2 amide bonds. The van der Waals surface area contributed by atoms with Crippen molar-refractivity contribution >= 4 is 6.03 Å². The molecular weight excluding hydrogens is 190 g/mol. The van der Waals surface area contributed by atoms with Gasteiger partial charge in [0, 0.05) is 25.7 Å². The number of hydrogen-bond donors (Lipinski definition) is 2. The van der Waals surface area contributed by atoms with E-state index in [1.54, 1.807) is 0 Å². The van der Waals surface area contributed by atoms with Gasteiger partial charge in [-0.05, 0) is 19.8 Å². The summed E-state index contributed by atoms with van der Waals surface area (Å²) < 4.78 is 0. The fourth-order valence-electron chi connectivity index (χ4n) is 2.23. The van der Waals surface area contributed by atoms with Gasteiger partial charge in [-0.2, -0.15) is 0 Å². The normalized spacial score (nSPS) is 17.5. The molecule has 1 aliphatic carbocycles. The van der Waals surface area contributed by atoms with Crippen LogP contribution < -0.4 is 11.1 Å². The van der Waals surface area contributed by atoms with Gasteiger partial charge in [-0.1, -0.05) is 19.3 Å². The monoisotopic (exact) mass is 213 g/mol. The molecule has 0 atom stereocenters. The second kappa shape index (κ2) is 6.67. The van der Waals surface area contributed by atoms with Crippen molar-refractivity contribution in [3.8, 4) is 0 Å². The van der Waals surface area contributed by atoms with Crippen molar-refractivity contribution in [1.29, 1.82) is 0 Å². The maximum atomic E-state index is 11.8. The molecule has 0 unspecified atom stereocenters. The Labute approximate surface area is 92.2 Å². The summed E-state index contributed by atoms with van der Waals surface area (Å²) in [6.07, 6.45) is 6.06. The predicted octanol–water partition coefficient (Wildman–Crippen LogP) is 1.31. The third-order valence-corrected chi connectivity index (χ3v) is 2.97. The van der Waals surface area contributed by atoms with Crippen LogP contribution in [0, 0.1) is 0 Å². The van der Waals surface area contributed by atoms with Crippen molar-refractivity contribution in [2.75, 3.05) is 19.6 Å². The first kappa shape index (κ1) is 12.3. The summed E-state index contributed by atoms with van der Waals surface area (Å²) in [4.78, 5) is 13.7.